The molecule has 0 aromatic rings. The molecule has 0 rings (SSSR count). The molecule has 0 aliphatic heterocycles. The monoisotopic (exact) mass is 179 g/mol. The quantitative estimate of drug-likeness (QED) is 0.530. The van der Waals surface area contributed by atoms with Crippen LogP contribution in [0.1, 0.15) is 6.42 Å². The molecule has 0 bridgehead atoms. The van der Waals surface area contributed by atoms with E-state index in [1.165, 1.54) is 0 Å². The fourth-order valence-corrected chi connectivity index (χ4v) is 1.10. The Kier molecular flexibility index (Phi) is 5.27. The SMILES string of the molecule is CSCC[C@@H](N)C(O)C(=O)O. The minimum Gasteiger partial charge on any atom is -0.479 e. The zero-order valence-corrected chi connectivity index (χ0v) is 7.17. The fraction of sp³-hybridized carbons (Fsp3) is 0.833. The molecule has 1 unspecified atom stereocenters. The number of aliphatic hydroxyl groups excluding tert-OH is 1. The number of hydrogen-bond acceptors (Lipinski definition) is 4. The van der Waals surface area contributed by atoms with Crippen molar-refractivity contribution in [3.8, 4) is 0 Å². The van der Waals surface area contributed by atoms with E-state index in [0.29, 0.717) is 6.42 Å². The predicted octanol–water partition coefficient (Wildman–Crippen LogP) is -0.488. The molecular formula is C6H13NO3S. The highest BCUT2D eigenvalue weighted by atomic mass is 32.2. The first-order valence-corrected chi connectivity index (χ1v) is 4.64. The van der Waals surface area contributed by atoms with E-state index in [1.807, 2.05) is 6.26 Å². The number of hydrogen-bond donors (Lipinski definition) is 3. The van der Waals surface area contributed by atoms with Crippen LogP contribution in [0.25, 0.3) is 0 Å². The first-order valence-electron chi connectivity index (χ1n) is 3.25. The number of aliphatic carboxylic acids is 1. The van der Waals surface area contributed by atoms with Gasteiger partial charge in [-0.2, -0.15) is 11.8 Å². The van der Waals surface area contributed by atoms with Gasteiger partial charge in [0.1, 0.15) is 0 Å². The van der Waals surface area contributed by atoms with Gasteiger partial charge in [-0.15, -0.1) is 0 Å². The summed E-state index contributed by atoms with van der Waals surface area (Å²) in [5, 5.41) is 17.2. The van der Waals surface area contributed by atoms with Crippen molar-refractivity contribution in [3.63, 3.8) is 0 Å². The zero-order valence-electron chi connectivity index (χ0n) is 6.36. The van der Waals surface area contributed by atoms with Crippen LogP contribution in [-0.2, 0) is 4.79 Å². The molecule has 66 valence electrons. The molecule has 11 heavy (non-hydrogen) atoms. The van der Waals surface area contributed by atoms with Crippen molar-refractivity contribution in [2.75, 3.05) is 12.0 Å². The van der Waals surface area contributed by atoms with E-state index in [-0.39, 0.29) is 0 Å². The van der Waals surface area contributed by atoms with Crippen LogP contribution in [-0.4, -0.2) is 40.3 Å². The van der Waals surface area contributed by atoms with Crippen molar-refractivity contribution >= 4 is 17.7 Å². The highest BCUT2D eigenvalue weighted by Gasteiger charge is 2.20. The molecule has 4 nitrogen and oxygen atoms in total. The number of thioether (sulfide) groups is 1. The van der Waals surface area contributed by atoms with Crippen molar-refractivity contribution in [1.29, 1.82) is 0 Å². The average Bonchev–Trinajstić information content (AvgIpc) is 1.98. The number of carbonyl (C=O) groups is 1. The van der Waals surface area contributed by atoms with E-state index < -0.39 is 18.1 Å². The van der Waals surface area contributed by atoms with Crippen LogP contribution in [0, 0.1) is 0 Å². The van der Waals surface area contributed by atoms with E-state index in [0.717, 1.165) is 5.75 Å². The minimum absolute atomic E-state index is 0.522. The molecule has 0 saturated carbocycles. The largest absolute Gasteiger partial charge is 0.479 e. The lowest BCUT2D eigenvalue weighted by molar-refractivity contribution is -0.147. The fourth-order valence-electron chi connectivity index (χ4n) is 0.595. The number of carboxylic acid groups (broad SMARTS) is 1. The Hall–Kier alpha value is -0.260. The van der Waals surface area contributed by atoms with Crippen molar-refractivity contribution in [3.05, 3.63) is 0 Å². The highest BCUT2D eigenvalue weighted by molar-refractivity contribution is 7.98. The predicted molar refractivity (Wildman–Crippen MR) is 44.6 cm³/mol. The summed E-state index contributed by atoms with van der Waals surface area (Å²) in [6.07, 6.45) is 0.997. The lowest BCUT2D eigenvalue weighted by Crippen LogP contribution is -2.40. The standard InChI is InChI=1S/C6H13NO3S/c1-11-3-2-4(7)5(8)6(9)10/h4-5,8H,2-3,7H2,1H3,(H,9,10)/t4-,5?/m1/s1. The molecule has 0 heterocycles. The Bertz CT molecular complexity index is 131. The lowest BCUT2D eigenvalue weighted by atomic mass is 10.1. The molecule has 0 aliphatic carbocycles. The molecular weight excluding hydrogens is 166 g/mol. The van der Waals surface area contributed by atoms with Gasteiger partial charge in [-0.1, -0.05) is 0 Å². The van der Waals surface area contributed by atoms with E-state index in [2.05, 4.69) is 0 Å². The van der Waals surface area contributed by atoms with Gasteiger partial charge in [-0.05, 0) is 18.4 Å². The molecule has 0 amide bonds. The Morgan fingerprint density at radius 2 is 2.27 bits per heavy atom. The first kappa shape index (κ1) is 10.7. The Balaban J connectivity index is 3.63. The number of aliphatic hydroxyl groups is 1. The van der Waals surface area contributed by atoms with Gasteiger partial charge in [0.05, 0.1) is 0 Å². The van der Waals surface area contributed by atoms with Crippen molar-refractivity contribution in [2.24, 2.45) is 5.73 Å². The molecule has 0 saturated heterocycles. The number of nitrogens with two attached hydrogens (primary N) is 1. The van der Waals surface area contributed by atoms with Gasteiger partial charge in [0.2, 0.25) is 0 Å². The molecule has 0 spiro atoms. The summed E-state index contributed by atoms with van der Waals surface area (Å²) < 4.78 is 0. The van der Waals surface area contributed by atoms with Gasteiger partial charge in [-0.3, -0.25) is 0 Å². The molecule has 0 aliphatic rings. The normalized spacial score (nSPS) is 15.9. The lowest BCUT2D eigenvalue weighted by Gasteiger charge is -2.13. The van der Waals surface area contributed by atoms with Gasteiger partial charge >= 0.3 is 5.97 Å². The summed E-state index contributed by atoms with van der Waals surface area (Å²) in [6.45, 7) is 0. The van der Waals surface area contributed by atoms with Gasteiger partial charge in [0.15, 0.2) is 6.10 Å². The van der Waals surface area contributed by atoms with Gasteiger partial charge in [-0.25, -0.2) is 4.79 Å². The molecule has 2 atom stereocenters. The van der Waals surface area contributed by atoms with E-state index >= 15 is 0 Å². The second kappa shape index (κ2) is 5.40. The van der Waals surface area contributed by atoms with Crippen LogP contribution >= 0.6 is 11.8 Å². The zero-order chi connectivity index (χ0) is 8.85. The molecule has 0 aromatic carbocycles. The number of rotatable bonds is 5. The maximum Gasteiger partial charge on any atom is 0.334 e. The second-order valence-corrected chi connectivity index (χ2v) is 3.21. The number of carboxylic acids is 1. The van der Waals surface area contributed by atoms with Gasteiger partial charge < -0.3 is 15.9 Å². The molecule has 4 N–H and O–H groups in total. The van der Waals surface area contributed by atoms with Gasteiger partial charge in [0.25, 0.3) is 0 Å². The van der Waals surface area contributed by atoms with Crippen LogP contribution in [0.4, 0.5) is 0 Å². The highest BCUT2D eigenvalue weighted by Crippen LogP contribution is 2.02. The summed E-state index contributed by atoms with van der Waals surface area (Å²) >= 11 is 1.58. The summed E-state index contributed by atoms with van der Waals surface area (Å²) in [6, 6.07) is -0.653. The van der Waals surface area contributed by atoms with Crippen LogP contribution in [0.3, 0.4) is 0 Å². The van der Waals surface area contributed by atoms with E-state index in [1.54, 1.807) is 11.8 Å². The topological polar surface area (TPSA) is 83.5 Å². The summed E-state index contributed by atoms with van der Waals surface area (Å²) in [7, 11) is 0. The third-order valence-corrected chi connectivity index (χ3v) is 1.96. The summed E-state index contributed by atoms with van der Waals surface area (Å²) in [5.41, 5.74) is 5.36. The smallest absolute Gasteiger partial charge is 0.334 e. The summed E-state index contributed by atoms with van der Waals surface area (Å²) in [4.78, 5) is 10.2. The van der Waals surface area contributed by atoms with E-state index in [4.69, 9.17) is 15.9 Å². The molecule has 5 heteroatoms. The first-order chi connectivity index (χ1) is 5.09. The molecule has 0 radical (unpaired) electrons. The van der Waals surface area contributed by atoms with Crippen LogP contribution in [0.15, 0.2) is 0 Å². The van der Waals surface area contributed by atoms with Gasteiger partial charge in [0, 0.05) is 6.04 Å². The third kappa shape index (κ3) is 4.23. The summed E-state index contributed by atoms with van der Waals surface area (Å²) in [5.74, 6) is -0.482. The molecule has 0 aromatic heterocycles. The van der Waals surface area contributed by atoms with Crippen LogP contribution in [0.5, 0.6) is 0 Å². The Labute approximate surface area is 69.8 Å². The average molecular weight is 179 g/mol. The van der Waals surface area contributed by atoms with Crippen LogP contribution < -0.4 is 5.73 Å². The van der Waals surface area contributed by atoms with Crippen molar-refractivity contribution < 1.29 is 15.0 Å². The van der Waals surface area contributed by atoms with Crippen molar-refractivity contribution in [2.45, 2.75) is 18.6 Å². The Morgan fingerprint density at radius 1 is 1.73 bits per heavy atom. The third-order valence-electron chi connectivity index (χ3n) is 1.31. The second-order valence-electron chi connectivity index (χ2n) is 2.23. The van der Waals surface area contributed by atoms with E-state index in [9.17, 15) is 4.79 Å². The van der Waals surface area contributed by atoms with Crippen LogP contribution in [0.2, 0.25) is 0 Å². The molecule has 0 fully saturated rings. The van der Waals surface area contributed by atoms with Crippen molar-refractivity contribution in [1.82, 2.24) is 0 Å². The Morgan fingerprint density at radius 3 is 2.64 bits per heavy atom. The minimum atomic E-state index is -1.43. The maximum atomic E-state index is 10.2. The maximum absolute atomic E-state index is 10.2.